The zero-order valence-corrected chi connectivity index (χ0v) is 7.67. The monoisotopic (exact) mass is 175 g/mol. The van der Waals surface area contributed by atoms with E-state index in [1.807, 2.05) is 12.1 Å². The number of nitrogens with one attached hydrogen (secondary N) is 1. The molecule has 0 unspecified atom stereocenters. The number of fused-ring (bicyclic) bond motifs is 1. The number of pyridine rings is 1. The van der Waals surface area contributed by atoms with E-state index in [9.17, 15) is 0 Å². The molecule has 13 heavy (non-hydrogen) atoms. The van der Waals surface area contributed by atoms with E-state index in [4.69, 9.17) is 5.73 Å². The van der Waals surface area contributed by atoms with Crippen LogP contribution in [0.4, 0.5) is 0 Å². The number of aryl methyl sites for hydroxylation is 1. The van der Waals surface area contributed by atoms with Crippen molar-refractivity contribution in [1.82, 2.24) is 9.97 Å². The summed E-state index contributed by atoms with van der Waals surface area (Å²) in [5, 5.41) is 0. The second kappa shape index (κ2) is 3.18. The summed E-state index contributed by atoms with van der Waals surface area (Å²) in [4.78, 5) is 7.63. The Morgan fingerprint density at radius 2 is 2.38 bits per heavy atom. The molecule has 0 aliphatic heterocycles. The highest BCUT2D eigenvalue weighted by Crippen LogP contribution is 2.19. The van der Waals surface area contributed by atoms with Crippen molar-refractivity contribution >= 4 is 11.0 Å². The Morgan fingerprint density at radius 3 is 3.08 bits per heavy atom. The Kier molecular flexibility index (Phi) is 2.02. The molecular formula is C10H13N3. The summed E-state index contributed by atoms with van der Waals surface area (Å²) in [5.74, 6) is 0. The van der Waals surface area contributed by atoms with Crippen molar-refractivity contribution in [2.24, 2.45) is 5.73 Å². The van der Waals surface area contributed by atoms with Crippen LogP contribution in [0.2, 0.25) is 0 Å². The van der Waals surface area contributed by atoms with Gasteiger partial charge in [0.15, 0.2) is 0 Å². The highest BCUT2D eigenvalue weighted by atomic mass is 14.8. The van der Waals surface area contributed by atoms with Crippen LogP contribution in [0.15, 0.2) is 18.3 Å². The molecule has 2 rings (SSSR count). The summed E-state index contributed by atoms with van der Waals surface area (Å²) in [5.41, 5.74) is 10.1. The number of rotatable bonds is 2. The lowest BCUT2D eigenvalue weighted by atomic mass is 10.2. The van der Waals surface area contributed by atoms with Crippen LogP contribution < -0.4 is 5.73 Å². The summed E-state index contributed by atoms with van der Waals surface area (Å²) in [6.45, 7) is 2.67. The molecule has 0 amide bonds. The van der Waals surface area contributed by atoms with Crippen LogP contribution in [-0.4, -0.2) is 9.97 Å². The average Bonchev–Trinajstić information content (AvgIpc) is 2.55. The number of nitrogens with two attached hydrogens (primary N) is 1. The molecule has 0 bridgehead atoms. The Morgan fingerprint density at radius 1 is 1.54 bits per heavy atom. The van der Waals surface area contributed by atoms with Gasteiger partial charge in [0.05, 0.1) is 11.0 Å². The lowest BCUT2D eigenvalue weighted by Gasteiger charge is -1.95. The van der Waals surface area contributed by atoms with Crippen LogP contribution >= 0.6 is 0 Å². The van der Waals surface area contributed by atoms with Gasteiger partial charge in [-0.1, -0.05) is 6.92 Å². The summed E-state index contributed by atoms with van der Waals surface area (Å²) in [6, 6.07) is 3.96. The van der Waals surface area contributed by atoms with Crippen LogP contribution in [0.1, 0.15) is 18.2 Å². The maximum atomic E-state index is 5.68. The third-order valence-corrected chi connectivity index (χ3v) is 2.30. The van der Waals surface area contributed by atoms with E-state index in [-0.39, 0.29) is 0 Å². The minimum absolute atomic E-state index is 0.556. The third-order valence-electron chi connectivity index (χ3n) is 2.30. The smallest absolute Gasteiger partial charge is 0.0926 e. The highest BCUT2D eigenvalue weighted by molar-refractivity contribution is 5.80. The maximum Gasteiger partial charge on any atom is 0.0926 e. The van der Waals surface area contributed by atoms with Crippen LogP contribution in [0, 0.1) is 0 Å². The second-order valence-electron chi connectivity index (χ2n) is 3.04. The summed E-state index contributed by atoms with van der Waals surface area (Å²) in [7, 11) is 0. The van der Waals surface area contributed by atoms with Crippen molar-refractivity contribution in [2.75, 3.05) is 0 Å². The first-order valence-corrected chi connectivity index (χ1v) is 4.51. The Bertz CT molecular complexity index is 417. The minimum atomic E-state index is 0.556. The van der Waals surface area contributed by atoms with Gasteiger partial charge in [0.1, 0.15) is 0 Å². The van der Waals surface area contributed by atoms with Crippen molar-refractivity contribution in [3.05, 3.63) is 29.6 Å². The van der Waals surface area contributed by atoms with E-state index in [1.165, 1.54) is 5.69 Å². The molecule has 68 valence electrons. The number of hydrogen-bond donors (Lipinski definition) is 2. The Hall–Kier alpha value is -1.35. The molecule has 0 fully saturated rings. The minimum Gasteiger partial charge on any atom is -0.357 e. The topological polar surface area (TPSA) is 54.7 Å². The highest BCUT2D eigenvalue weighted by Gasteiger charge is 2.08. The fourth-order valence-electron chi connectivity index (χ4n) is 1.65. The summed E-state index contributed by atoms with van der Waals surface area (Å²) in [6.07, 6.45) is 2.78. The van der Waals surface area contributed by atoms with E-state index < -0.39 is 0 Å². The first-order chi connectivity index (χ1) is 6.36. The van der Waals surface area contributed by atoms with Crippen molar-refractivity contribution in [2.45, 2.75) is 19.9 Å². The van der Waals surface area contributed by atoms with Gasteiger partial charge in [-0.25, -0.2) is 0 Å². The molecule has 2 aromatic rings. The largest absolute Gasteiger partial charge is 0.357 e. The van der Waals surface area contributed by atoms with Gasteiger partial charge < -0.3 is 10.7 Å². The van der Waals surface area contributed by atoms with Crippen LogP contribution in [0.25, 0.3) is 11.0 Å². The third kappa shape index (κ3) is 1.21. The van der Waals surface area contributed by atoms with E-state index >= 15 is 0 Å². The van der Waals surface area contributed by atoms with Gasteiger partial charge in [0, 0.05) is 24.0 Å². The first-order valence-electron chi connectivity index (χ1n) is 4.51. The van der Waals surface area contributed by atoms with E-state index in [0.29, 0.717) is 6.54 Å². The van der Waals surface area contributed by atoms with Gasteiger partial charge in [0.25, 0.3) is 0 Å². The second-order valence-corrected chi connectivity index (χ2v) is 3.04. The standard InChI is InChI=1S/C10H13N3/c1-2-8-7(6-11)10-9(13-8)4-3-5-12-10/h3-5,13H,2,6,11H2,1H3. The van der Waals surface area contributed by atoms with Gasteiger partial charge in [-0.3, -0.25) is 4.98 Å². The lowest BCUT2D eigenvalue weighted by molar-refractivity contribution is 0.985. The molecule has 3 heteroatoms. The molecule has 0 aliphatic carbocycles. The SMILES string of the molecule is CCc1[nH]c2cccnc2c1CN. The molecule has 0 saturated carbocycles. The molecule has 0 spiro atoms. The van der Waals surface area contributed by atoms with Gasteiger partial charge >= 0.3 is 0 Å². The molecule has 2 heterocycles. The maximum absolute atomic E-state index is 5.68. The molecule has 0 atom stereocenters. The van der Waals surface area contributed by atoms with E-state index in [2.05, 4.69) is 16.9 Å². The fraction of sp³-hybridized carbons (Fsp3) is 0.300. The van der Waals surface area contributed by atoms with Gasteiger partial charge in [-0.05, 0) is 18.6 Å². The zero-order valence-electron chi connectivity index (χ0n) is 7.67. The summed E-state index contributed by atoms with van der Waals surface area (Å²) >= 11 is 0. The first kappa shape index (κ1) is 8.26. The molecule has 0 aliphatic rings. The van der Waals surface area contributed by atoms with Crippen LogP contribution in [-0.2, 0) is 13.0 Å². The van der Waals surface area contributed by atoms with E-state index in [0.717, 1.165) is 23.0 Å². The molecule has 0 radical (unpaired) electrons. The number of aromatic amines is 1. The molecule has 3 N–H and O–H groups in total. The Labute approximate surface area is 77.0 Å². The van der Waals surface area contributed by atoms with Gasteiger partial charge in [0.2, 0.25) is 0 Å². The lowest BCUT2D eigenvalue weighted by Crippen LogP contribution is -1.99. The number of nitrogens with zero attached hydrogens (tertiary/aromatic N) is 1. The van der Waals surface area contributed by atoms with Crippen molar-refractivity contribution < 1.29 is 0 Å². The molecule has 3 nitrogen and oxygen atoms in total. The van der Waals surface area contributed by atoms with Crippen LogP contribution in [0.5, 0.6) is 0 Å². The fourth-order valence-corrected chi connectivity index (χ4v) is 1.65. The van der Waals surface area contributed by atoms with Crippen LogP contribution in [0.3, 0.4) is 0 Å². The van der Waals surface area contributed by atoms with Crippen molar-refractivity contribution in [1.29, 1.82) is 0 Å². The van der Waals surface area contributed by atoms with Gasteiger partial charge in [-0.15, -0.1) is 0 Å². The van der Waals surface area contributed by atoms with Crippen molar-refractivity contribution in [3.63, 3.8) is 0 Å². The molecule has 0 saturated heterocycles. The number of aromatic nitrogens is 2. The quantitative estimate of drug-likeness (QED) is 0.728. The normalized spacial score (nSPS) is 10.9. The number of hydrogen-bond acceptors (Lipinski definition) is 2. The predicted molar refractivity (Wildman–Crippen MR) is 53.4 cm³/mol. The van der Waals surface area contributed by atoms with Gasteiger partial charge in [-0.2, -0.15) is 0 Å². The predicted octanol–water partition coefficient (Wildman–Crippen LogP) is 1.58. The van der Waals surface area contributed by atoms with E-state index in [1.54, 1.807) is 6.20 Å². The molecular weight excluding hydrogens is 162 g/mol. The number of H-pyrrole nitrogens is 1. The average molecular weight is 175 g/mol. The molecule has 2 aromatic heterocycles. The molecule has 0 aromatic carbocycles. The Balaban J connectivity index is 2.73. The zero-order chi connectivity index (χ0) is 9.26. The summed E-state index contributed by atoms with van der Waals surface area (Å²) < 4.78 is 0. The van der Waals surface area contributed by atoms with Crippen molar-refractivity contribution in [3.8, 4) is 0 Å².